The number of benzene rings is 2. The molecule has 8 heteroatoms. The van der Waals surface area contributed by atoms with E-state index < -0.39 is 5.97 Å². The van der Waals surface area contributed by atoms with Gasteiger partial charge in [-0.05, 0) is 36.4 Å². The van der Waals surface area contributed by atoms with Gasteiger partial charge in [0.1, 0.15) is 5.52 Å². The SMILES string of the molecule is COC(=O)c1ccc(NC(=O)CSc2nc3ccc(Cl)cc3o2)cc1. The highest BCUT2D eigenvalue weighted by Gasteiger charge is 2.11. The lowest BCUT2D eigenvalue weighted by molar-refractivity contribution is -0.113. The predicted molar refractivity (Wildman–Crippen MR) is 96.2 cm³/mol. The van der Waals surface area contributed by atoms with Gasteiger partial charge >= 0.3 is 5.97 Å². The molecular weight excluding hydrogens is 364 g/mol. The van der Waals surface area contributed by atoms with Gasteiger partial charge in [0.15, 0.2) is 5.58 Å². The minimum atomic E-state index is -0.426. The molecule has 1 N–H and O–H groups in total. The van der Waals surface area contributed by atoms with E-state index in [0.717, 1.165) is 0 Å². The van der Waals surface area contributed by atoms with Crippen molar-refractivity contribution in [2.75, 3.05) is 18.2 Å². The molecule has 1 aromatic heterocycles. The number of aromatic nitrogens is 1. The molecule has 0 saturated carbocycles. The van der Waals surface area contributed by atoms with Gasteiger partial charge in [-0.3, -0.25) is 4.79 Å². The van der Waals surface area contributed by atoms with Gasteiger partial charge in [0.2, 0.25) is 5.91 Å². The summed E-state index contributed by atoms with van der Waals surface area (Å²) in [5, 5.41) is 3.70. The Balaban J connectivity index is 1.57. The highest BCUT2D eigenvalue weighted by atomic mass is 35.5. The van der Waals surface area contributed by atoms with Crippen molar-refractivity contribution in [2.24, 2.45) is 0 Å². The van der Waals surface area contributed by atoms with Crippen LogP contribution in [0.4, 0.5) is 5.69 Å². The van der Waals surface area contributed by atoms with Crippen LogP contribution in [0.2, 0.25) is 5.02 Å². The Bertz CT molecular complexity index is 924. The van der Waals surface area contributed by atoms with Gasteiger partial charge in [0, 0.05) is 16.8 Å². The lowest BCUT2D eigenvalue weighted by atomic mass is 10.2. The fourth-order valence-corrected chi connectivity index (χ4v) is 2.87. The molecule has 0 fully saturated rings. The normalized spacial score (nSPS) is 10.6. The molecule has 0 aliphatic carbocycles. The minimum Gasteiger partial charge on any atom is -0.465 e. The van der Waals surface area contributed by atoms with Crippen molar-refractivity contribution in [3.63, 3.8) is 0 Å². The molecule has 3 rings (SSSR count). The zero-order valence-corrected chi connectivity index (χ0v) is 14.7. The zero-order valence-electron chi connectivity index (χ0n) is 13.1. The number of ether oxygens (including phenoxy) is 1. The molecule has 1 amide bonds. The Kier molecular flexibility index (Phi) is 5.25. The Morgan fingerprint density at radius 2 is 2.00 bits per heavy atom. The van der Waals surface area contributed by atoms with Crippen LogP contribution in [-0.4, -0.2) is 29.7 Å². The van der Waals surface area contributed by atoms with E-state index in [1.54, 1.807) is 42.5 Å². The smallest absolute Gasteiger partial charge is 0.337 e. The number of hydrogen-bond donors (Lipinski definition) is 1. The number of nitrogens with zero attached hydrogens (tertiary/aromatic N) is 1. The van der Waals surface area contributed by atoms with Crippen molar-refractivity contribution < 1.29 is 18.7 Å². The summed E-state index contributed by atoms with van der Waals surface area (Å²) in [6.07, 6.45) is 0. The fraction of sp³-hybridized carbons (Fsp3) is 0.118. The molecule has 6 nitrogen and oxygen atoms in total. The highest BCUT2D eigenvalue weighted by molar-refractivity contribution is 7.99. The second-order valence-corrected chi connectivity index (χ2v) is 6.36. The van der Waals surface area contributed by atoms with E-state index >= 15 is 0 Å². The maximum absolute atomic E-state index is 12.0. The van der Waals surface area contributed by atoms with Gasteiger partial charge < -0.3 is 14.5 Å². The summed E-state index contributed by atoms with van der Waals surface area (Å²) in [4.78, 5) is 27.7. The second-order valence-electron chi connectivity index (χ2n) is 5.00. The number of methoxy groups -OCH3 is 1. The number of carbonyl (C=O) groups excluding carboxylic acids is 2. The highest BCUT2D eigenvalue weighted by Crippen LogP contribution is 2.25. The molecule has 0 atom stereocenters. The number of nitrogens with one attached hydrogen (secondary N) is 1. The monoisotopic (exact) mass is 376 g/mol. The van der Waals surface area contributed by atoms with Gasteiger partial charge in [-0.25, -0.2) is 9.78 Å². The minimum absolute atomic E-state index is 0.138. The van der Waals surface area contributed by atoms with Gasteiger partial charge in [-0.2, -0.15) is 0 Å². The molecule has 0 unspecified atom stereocenters. The number of amides is 1. The molecule has 0 saturated heterocycles. The summed E-state index contributed by atoms with van der Waals surface area (Å²) in [5.74, 6) is -0.500. The lowest BCUT2D eigenvalue weighted by Crippen LogP contribution is -2.14. The summed E-state index contributed by atoms with van der Waals surface area (Å²) in [7, 11) is 1.31. The lowest BCUT2D eigenvalue weighted by Gasteiger charge is -2.05. The molecule has 2 aromatic carbocycles. The van der Waals surface area contributed by atoms with E-state index in [4.69, 9.17) is 16.0 Å². The standard InChI is InChI=1S/C17H13ClN2O4S/c1-23-16(22)10-2-5-12(6-3-10)19-15(21)9-25-17-20-13-7-4-11(18)8-14(13)24-17/h2-8H,9H2,1H3,(H,19,21). The van der Waals surface area contributed by atoms with Crippen LogP contribution in [0, 0.1) is 0 Å². The number of carbonyl (C=O) groups is 2. The third kappa shape index (κ3) is 4.32. The molecule has 0 aliphatic rings. The molecule has 0 spiro atoms. The number of fused-ring (bicyclic) bond motifs is 1. The summed E-state index contributed by atoms with van der Waals surface area (Å²) in [6, 6.07) is 11.6. The zero-order chi connectivity index (χ0) is 17.8. The van der Waals surface area contributed by atoms with E-state index in [-0.39, 0.29) is 11.7 Å². The van der Waals surface area contributed by atoms with E-state index in [9.17, 15) is 9.59 Å². The summed E-state index contributed by atoms with van der Waals surface area (Å²) >= 11 is 7.08. The molecule has 128 valence electrons. The summed E-state index contributed by atoms with van der Waals surface area (Å²) < 4.78 is 10.2. The molecule has 1 heterocycles. The Morgan fingerprint density at radius 1 is 1.24 bits per heavy atom. The van der Waals surface area contributed by atoms with Crippen molar-refractivity contribution in [1.82, 2.24) is 4.98 Å². The molecule has 3 aromatic rings. The molecule has 0 radical (unpaired) electrons. The molecule has 25 heavy (non-hydrogen) atoms. The largest absolute Gasteiger partial charge is 0.465 e. The van der Waals surface area contributed by atoms with Crippen LogP contribution in [0.5, 0.6) is 0 Å². The number of rotatable bonds is 5. The summed E-state index contributed by atoms with van der Waals surface area (Å²) in [6.45, 7) is 0. The molecule has 0 aliphatic heterocycles. The first kappa shape index (κ1) is 17.3. The van der Waals surface area contributed by atoms with Crippen molar-refractivity contribution in [2.45, 2.75) is 5.22 Å². The van der Waals surface area contributed by atoms with Crippen molar-refractivity contribution >= 4 is 52.0 Å². The maximum atomic E-state index is 12.0. The van der Waals surface area contributed by atoms with Crippen LogP contribution in [-0.2, 0) is 9.53 Å². The quantitative estimate of drug-likeness (QED) is 0.535. The maximum Gasteiger partial charge on any atom is 0.337 e. The van der Waals surface area contributed by atoms with Crippen molar-refractivity contribution in [3.05, 3.63) is 53.1 Å². The van der Waals surface area contributed by atoms with Gasteiger partial charge in [0.05, 0.1) is 18.4 Å². The fourth-order valence-electron chi connectivity index (χ4n) is 2.07. The van der Waals surface area contributed by atoms with Gasteiger partial charge in [-0.1, -0.05) is 23.4 Å². The van der Waals surface area contributed by atoms with Crippen LogP contribution in [0.3, 0.4) is 0 Å². The van der Waals surface area contributed by atoms with Crippen LogP contribution in [0.15, 0.2) is 52.1 Å². The Morgan fingerprint density at radius 3 is 2.72 bits per heavy atom. The van der Waals surface area contributed by atoms with Crippen LogP contribution < -0.4 is 5.32 Å². The molecular formula is C17H13ClN2O4S. The number of hydrogen-bond acceptors (Lipinski definition) is 6. The topological polar surface area (TPSA) is 81.4 Å². The first-order valence-corrected chi connectivity index (χ1v) is 8.58. The Hall–Kier alpha value is -2.51. The van der Waals surface area contributed by atoms with E-state index in [0.29, 0.717) is 32.6 Å². The van der Waals surface area contributed by atoms with E-state index in [1.807, 2.05) is 0 Å². The second kappa shape index (κ2) is 7.58. The van der Waals surface area contributed by atoms with Crippen molar-refractivity contribution in [3.8, 4) is 0 Å². The van der Waals surface area contributed by atoms with Crippen LogP contribution >= 0.6 is 23.4 Å². The van der Waals surface area contributed by atoms with Crippen LogP contribution in [0.25, 0.3) is 11.1 Å². The average Bonchev–Trinajstić information content (AvgIpc) is 3.02. The first-order valence-electron chi connectivity index (χ1n) is 7.22. The molecule has 0 bridgehead atoms. The number of anilines is 1. The first-order chi connectivity index (χ1) is 12.0. The number of thioether (sulfide) groups is 1. The van der Waals surface area contributed by atoms with E-state index in [1.165, 1.54) is 18.9 Å². The Labute approximate surface area is 152 Å². The van der Waals surface area contributed by atoms with Crippen molar-refractivity contribution in [1.29, 1.82) is 0 Å². The third-order valence-corrected chi connectivity index (χ3v) is 4.31. The third-order valence-electron chi connectivity index (χ3n) is 3.25. The number of halogens is 1. The average molecular weight is 377 g/mol. The van der Waals surface area contributed by atoms with Gasteiger partial charge in [-0.15, -0.1) is 0 Å². The van der Waals surface area contributed by atoms with Gasteiger partial charge in [0.25, 0.3) is 5.22 Å². The number of esters is 1. The predicted octanol–water partition coefficient (Wildman–Crippen LogP) is 4.00. The summed E-state index contributed by atoms with van der Waals surface area (Å²) in [5.41, 5.74) is 2.27. The number of oxazole rings is 1. The van der Waals surface area contributed by atoms with E-state index in [2.05, 4.69) is 15.0 Å². The van der Waals surface area contributed by atoms with Crippen LogP contribution in [0.1, 0.15) is 10.4 Å².